The summed E-state index contributed by atoms with van der Waals surface area (Å²) in [5, 5.41) is 0. The topological polar surface area (TPSA) is 38.1 Å². The number of carbonyl (C=O) groups is 1. The first-order valence-electron chi connectivity index (χ1n) is 11.6. The molecule has 1 aliphatic heterocycles. The molecule has 0 radical (unpaired) electrons. The zero-order chi connectivity index (χ0) is 20.9. The number of anilines is 1. The lowest BCUT2D eigenvalue weighted by molar-refractivity contribution is -0.117. The van der Waals surface area contributed by atoms with Gasteiger partial charge in [-0.2, -0.15) is 0 Å². The summed E-state index contributed by atoms with van der Waals surface area (Å²) in [5.74, 6) is 1.42. The molecule has 1 amide bonds. The van der Waals surface area contributed by atoms with Gasteiger partial charge < -0.3 is 9.47 Å². The van der Waals surface area contributed by atoms with Crippen LogP contribution < -0.4 is 4.90 Å². The Balaban J connectivity index is 1.56. The summed E-state index contributed by atoms with van der Waals surface area (Å²) in [6.07, 6.45) is 7.61. The molecule has 3 aromatic rings. The van der Waals surface area contributed by atoms with Gasteiger partial charge >= 0.3 is 0 Å². The number of aromatic nitrogens is 2. The summed E-state index contributed by atoms with van der Waals surface area (Å²) >= 11 is 0. The summed E-state index contributed by atoms with van der Waals surface area (Å²) in [4.78, 5) is 19.8. The number of hydrogen-bond donors (Lipinski definition) is 0. The van der Waals surface area contributed by atoms with E-state index >= 15 is 0 Å². The third kappa shape index (κ3) is 4.28. The highest BCUT2D eigenvalue weighted by molar-refractivity contribution is 5.96. The molecular formula is C26H33N3O. The van der Waals surface area contributed by atoms with Gasteiger partial charge in [-0.25, -0.2) is 4.98 Å². The van der Waals surface area contributed by atoms with E-state index in [1.165, 1.54) is 36.8 Å². The molecule has 158 valence electrons. The molecule has 4 heteroatoms. The van der Waals surface area contributed by atoms with Crippen LogP contribution >= 0.6 is 0 Å². The van der Waals surface area contributed by atoms with Crippen molar-refractivity contribution >= 4 is 22.6 Å². The van der Waals surface area contributed by atoms with Crippen molar-refractivity contribution in [1.29, 1.82) is 0 Å². The molecule has 0 N–H and O–H groups in total. The van der Waals surface area contributed by atoms with Crippen LogP contribution in [0.2, 0.25) is 0 Å². The van der Waals surface area contributed by atoms with Crippen molar-refractivity contribution in [2.45, 2.75) is 71.3 Å². The Labute approximate surface area is 179 Å². The molecule has 4 nitrogen and oxygen atoms in total. The van der Waals surface area contributed by atoms with Crippen molar-refractivity contribution in [3.05, 3.63) is 59.9 Å². The predicted molar refractivity (Wildman–Crippen MR) is 124 cm³/mol. The lowest BCUT2D eigenvalue weighted by Gasteiger charge is -2.18. The van der Waals surface area contributed by atoms with Crippen LogP contribution in [0.5, 0.6) is 0 Å². The number of aryl methyl sites for hydroxylation is 2. The van der Waals surface area contributed by atoms with Crippen molar-refractivity contribution in [2.24, 2.45) is 0 Å². The van der Waals surface area contributed by atoms with Crippen molar-refractivity contribution in [1.82, 2.24) is 9.55 Å². The summed E-state index contributed by atoms with van der Waals surface area (Å²) < 4.78 is 2.36. The highest BCUT2D eigenvalue weighted by Gasteiger charge is 2.34. The Kier molecular flexibility index (Phi) is 6.51. The number of imidazole rings is 1. The minimum atomic E-state index is 0.145. The number of rotatable bonds is 9. The van der Waals surface area contributed by atoms with E-state index in [9.17, 15) is 4.79 Å². The maximum atomic E-state index is 12.9. The standard InChI is InChI=1S/C26H33N3O/c1-3-5-9-17-28-24-12-8-7-11-23(24)27-26(28)21-18-25(30)29(19-21)22-15-13-20(14-16-22)10-6-4-2/h7-8,11-16,21H,3-6,9-10,17-19H2,1-2H3. The Bertz CT molecular complexity index is 989. The number of fused-ring (bicyclic) bond motifs is 1. The second-order valence-electron chi connectivity index (χ2n) is 8.49. The lowest BCUT2D eigenvalue weighted by Crippen LogP contribution is -2.24. The van der Waals surface area contributed by atoms with Gasteiger partial charge in [0.25, 0.3) is 0 Å². The van der Waals surface area contributed by atoms with Gasteiger partial charge in [0.05, 0.1) is 11.0 Å². The summed E-state index contributed by atoms with van der Waals surface area (Å²) in [6.45, 7) is 6.13. The fourth-order valence-electron chi connectivity index (χ4n) is 4.51. The summed E-state index contributed by atoms with van der Waals surface area (Å²) in [5.41, 5.74) is 4.59. The molecule has 0 spiro atoms. The smallest absolute Gasteiger partial charge is 0.227 e. The van der Waals surface area contributed by atoms with E-state index in [4.69, 9.17) is 4.98 Å². The Morgan fingerprint density at radius 1 is 0.967 bits per heavy atom. The van der Waals surface area contributed by atoms with Crippen molar-refractivity contribution in [3.8, 4) is 0 Å². The number of carbonyl (C=O) groups excluding carboxylic acids is 1. The summed E-state index contributed by atoms with van der Waals surface area (Å²) in [7, 11) is 0. The van der Waals surface area contributed by atoms with Crippen LogP contribution in [0, 0.1) is 0 Å². The first-order valence-corrected chi connectivity index (χ1v) is 11.6. The number of para-hydroxylation sites is 2. The maximum Gasteiger partial charge on any atom is 0.227 e. The first-order chi connectivity index (χ1) is 14.7. The lowest BCUT2D eigenvalue weighted by atomic mass is 10.1. The summed E-state index contributed by atoms with van der Waals surface area (Å²) in [6, 6.07) is 16.9. The second-order valence-corrected chi connectivity index (χ2v) is 8.49. The second kappa shape index (κ2) is 9.46. The van der Waals surface area contributed by atoms with Crippen LogP contribution in [-0.2, 0) is 17.8 Å². The SMILES string of the molecule is CCCCCn1c(C2CC(=O)N(c3ccc(CCCC)cc3)C2)nc2ccccc21. The van der Waals surface area contributed by atoms with Crippen molar-refractivity contribution in [3.63, 3.8) is 0 Å². The van der Waals surface area contributed by atoms with Crippen LogP contribution in [0.3, 0.4) is 0 Å². The normalized spacial score (nSPS) is 16.7. The van der Waals surface area contributed by atoms with E-state index in [1.807, 2.05) is 11.0 Å². The fraction of sp³-hybridized carbons (Fsp3) is 0.462. The van der Waals surface area contributed by atoms with Crippen molar-refractivity contribution in [2.75, 3.05) is 11.4 Å². The molecular weight excluding hydrogens is 370 g/mol. The van der Waals surface area contributed by atoms with E-state index in [0.717, 1.165) is 36.4 Å². The van der Waals surface area contributed by atoms with Gasteiger partial charge in [0, 0.05) is 31.1 Å². The number of unbranched alkanes of at least 4 members (excludes halogenated alkanes) is 3. The van der Waals surface area contributed by atoms with Gasteiger partial charge in [-0.05, 0) is 49.1 Å². The third-order valence-electron chi connectivity index (χ3n) is 6.23. The minimum absolute atomic E-state index is 0.145. The third-order valence-corrected chi connectivity index (χ3v) is 6.23. The molecule has 2 heterocycles. The largest absolute Gasteiger partial charge is 0.328 e. The highest BCUT2D eigenvalue weighted by atomic mass is 16.2. The highest BCUT2D eigenvalue weighted by Crippen LogP contribution is 2.33. The van der Waals surface area contributed by atoms with E-state index in [1.54, 1.807) is 0 Å². The van der Waals surface area contributed by atoms with E-state index in [2.05, 4.69) is 60.9 Å². The zero-order valence-electron chi connectivity index (χ0n) is 18.3. The van der Waals surface area contributed by atoms with Crippen LogP contribution in [0.4, 0.5) is 5.69 Å². The zero-order valence-corrected chi connectivity index (χ0v) is 18.3. The van der Waals surface area contributed by atoms with Crippen LogP contribution in [0.15, 0.2) is 48.5 Å². The van der Waals surface area contributed by atoms with Gasteiger partial charge in [0.1, 0.15) is 5.82 Å². The number of nitrogens with zero attached hydrogens (tertiary/aromatic N) is 3. The van der Waals surface area contributed by atoms with Crippen LogP contribution in [-0.4, -0.2) is 22.0 Å². The Hall–Kier alpha value is -2.62. The fourth-order valence-corrected chi connectivity index (χ4v) is 4.51. The monoisotopic (exact) mass is 403 g/mol. The average molecular weight is 404 g/mol. The van der Waals surface area contributed by atoms with Gasteiger partial charge in [-0.15, -0.1) is 0 Å². The molecule has 1 saturated heterocycles. The molecule has 0 aliphatic carbocycles. The van der Waals surface area contributed by atoms with Gasteiger partial charge in [0.2, 0.25) is 5.91 Å². The van der Waals surface area contributed by atoms with Gasteiger partial charge in [0.15, 0.2) is 0 Å². The molecule has 0 saturated carbocycles. The quantitative estimate of drug-likeness (QED) is 0.406. The van der Waals surface area contributed by atoms with E-state index < -0.39 is 0 Å². The van der Waals surface area contributed by atoms with Crippen LogP contribution in [0.1, 0.15) is 69.7 Å². The van der Waals surface area contributed by atoms with E-state index in [0.29, 0.717) is 13.0 Å². The molecule has 1 aliphatic rings. The predicted octanol–water partition coefficient (Wildman–Crippen LogP) is 6.09. The first kappa shape index (κ1) is 20.6. The molecule has 1 aromatic heterocycles. The number of amides is 1. The molecule has 4 rings (SSSR count). The van der Waals surface area contributed by atoms with Crippen molar-refractivity contribution < 1.29 is 4.79 Å². The van der Waals surface area contributed by atoms with Gasteiger partial charge in [-0.1, -0.05) is 57.4 Å². The Morgan fingerprint density at radius 2 is 1.73 bits per heavy atom. The minimum Gasteiger partial charge on any atom is -0.328 e. The molecule has 2 aromatic carbocycles. The van der Waals surface area contributed by atoms with Gasteiger partial charge in [-0.3, -0.25) is 4.79 Å². The molecule has 1 atom stereocenters. The number of benzene rings is 2. The Morgan fingerprint density at radius 3 is 2.50 bits per heavy atom. The van der Waals surface area contributed by atoms with Crippen LogP contribution in [0.25, 0.3) is 11.0 Å². The maximum absolute atomic E-state index is 12.9. The molecule has 30 heavy (non-hydrogen) atoms. The van der Waals surface area contributed by atoms with E-state index in [-0.39, 0.29) is 11.8 Å². The molecule has 1 unspecified atom stereocenters. The number of hydrogen-bond acceptors (Lipinski definition) is 2. The molecule has 0 bridgehead atoms. The molecule has 1 fully saturated rings. The average Bonchev–Trinajstić information content (AvgIpc) is 3.33.